The Kier molecular flexibility index (Phi) is 4.98. The summed E-state index contributed by atoms with van der Waals surface area (Å²) in [6.45, 7) is 4.32. The van der Waals surface area contributed by atoms with Crippen LogP contribution in [0.15, 0.2) is 47.6 Å². The predicted molar refractivity (Wildman–Crippen MR) is 97.5 cm³/mol. The van der Waals surface area contributed by atoms with Crippen molar-refractivity contribution in [1.29, 1.82) is 0 Å². The van der Waals surface area contributed by atoms with Crippen LogP contribution in [0, 0.1) is 0 Å². The number of hydrogen-bond donors (Lipinski definition) is 3. The highest BCUT2D eigenvalue weighted by atomic mass is 16.4. The Labute approximate surface area is 155 Å². The van der Waals surface area contributed by atoms with Crippen LogP contribution in [0.2, 0.25) is 0 Å². The zero-order valence-corrected chi connectivity index (χ0v) is 14.5. The van der Waals surface area contributed by atoms with Crippen LogP contribution in [0.25, 0.3) is 5.70 Å². The summed E-state index contributed by atoms with van der Waals surface area (Å²) in [5.74, 6) is -1.60. The molecule has 2 heterocycles. The maximum Gasteiger partial charge on any atom is 0.326 e. The summed E-state index contributed by atoms with van der Waals surface area (Å²) in [7, 11) is 0. The zero-order valence-electron chi connectivity index (χ0n) is 14.5. The Hall–Kier alpha value is -3.55. The lowest BCUT2D eigenvalue weighted by Gasteiger charge is -2.25. The molecule has 8 heteroatoms. The van der Waals surface area contributed by atoms with Gasteiger partial charge >= 0.3 is 5.97 Å². The first-order chi connectivity index (χ1) is 12.9. The van der Waals surface area contributed by atoms with E-state index < -0.39 is 23.8 Å². The fourth-order valence-corrected chi connectivity index (χ4v) is 3.13. The highest BCUT2D eigenvalue weighted by Gasteiger charge is 2.40. The van der Waals surface area contributed by atoms with Crippen molar-refractivity contribution < 1.29 is 23.9 Å². The molecule has 0 spiro atoms. The molecule has 0 radical (unpaired) electrons. The number of rotatable bonds is 8. The number of primary amides is 1. The maximum absolute atomic E-state index is 12.8. The highest BCUT2D eigenvalue weighted by molar-refractivity contribution is 6.12. The van der Waals surface area contributed by atoms with Crippen molar-refractivity contribution in [3.8, 4) is 0 Å². The molecule has 4 N–H and O–H groups in total. The first kappa shape index (κ1) is 18.2. The minimum absolute atomic E-state index is 0.0847. The smallest absolute Gasteiger partial charge is 0.326 e. The molecule has 27 heavy (non-hydrogen) atoms. The van der Waals surface area contributed by atoms with Gasteiger partial charge in [0, 0.05) is 23.4 Å². The number of furan rings is 1. The van der Waals surface area contributed by atoms with E-state index in [0.29, 0.717) is 29.1 Å². The van der Waals surface area contributed by atoms with E-state index in [1.165, 1.54) is 0 Å². The third-order valence-corrected chi connectivity index (χ3v) is 4.39. The van der Waals surface area contributed by atoms with Crippen LogP contribution in [-0.4, -0.2) is 33.8 Å². The largest absolute Gasteiger partial charge is 0.480 e. The number of fused-ring (bicyclic) bond motifs is 1. The first-order valence-electron chi connectivity index (χ1n) is 8.33. The van der Waals surface area contributed by atoms with Gasteiger partial charge in [-0.05, 0) is 30.7 Å². The molecule has 0 aliphatic carbocycles. The van der Waals surface area contributed by atoms with Gasteiger partial charge in [0.25, 0.3) is 5.91 Å². The normalized spacial score (nSPS) is 14.1. The summed E-state index contributed by atoms with van der Waals surface area (Å²) in [6, 6.07) is 7.47. The number of carbonyl (C=O) groups is 3. The molecule has 140 valence electrons. The van der Waals surface area contributed by atoms with E-state index in [9.17, 15) is 19.5 Å². The van der Waals surface area contributed by atoms with Gasteiger partial charge in [0.05, 0.1) is 18.4 Å². The van der Waals surface area contributed by atoms with Crippen molar-refractivity contribution in [1.82, 2.24) is 4.90 Å². The van der Waals surface area contributed by atoms with Gasteiger partial charge in [-0.3, -0.25) is 14.5 Å². The van der Waals surface area contributed by atoms with Crippen LogP contribution >= 0.6 is 0 Å². The summed E-state index contributed by atoms with van der Waals surface area (Å²) in [5, 5.41) is 12.7. The molecule has 0 bridgehead atoms. The molecule has 2 aromatic rings. The Balaban J connectivity index is 1.88. The van der Waals surface area contributed by atoms with Crippen molar-refractivity contribution in [3.63, 3.8) is 0 Å². The minimum Gasteiger partial charge on any atom is -0.480 e. The number of anilines is 1. The van der Waals surface area contributed by atoms with Gasteiger partial charge in [-0.2, -0.15) is 0 Å². The standard InChI is InChI=1S/C19H19N3O5/c1-11-17-13(5-2-6-14(17)21-10-12-4-3-9-27-12)18(24)22(11)15(19(25)26)7-8-16(20)23/h2-6,9,15,21H,1,7-8,10H2,(H2,20,23)(H,25,26). The van der Waals surface area contributed by atoms with Crippen molar-refractivity contribution in [2.24, 2.45) is 5.73 Å². The molecule has 1 atom stereocenters. The van der Waals surface area contributed by atoms with E-state index in [2.05, 4.69) is 11.9 Å². The zero-order chi connectivity index (χ0) is 19.6. The third-order valence-electron chi connectivity index (χ3n) is 4.39. The van der Waals surface area contributed by atoms with Crippen molar-refractivity contribution in [2.45, 2.75) is 25.4 Å². The number of benzene rings is 1. The lowest BCUT2D eigenvalue weighted by molar-refractivity contribution is -0.141. The molecule has 1 unspecified atom stereocenters. The van der Waals surface area contributed by atoms with E-state index in [-0.39, 0.29) is 18.5 Å². The summed E-state index contributed by atoms with van der Waals surface area (Å²) >= 11 is 0. The fourth-order valence-electron chi connectivity index (χ4n) is 3.13. The molecule has 1 aromatic heterocycles. The SMILES string of the molecule is C=C1c2c(NCc3ccco3)cccc2C(=O)N1C(CCC(N)=O)C(=O)O. The van der Waals surface area contributed by atoms with Crippen LogP contribution in [0.3, 0.4) is 0 Å². The lowest BCUT2D eigenvalue weighted by atomic mass is 10.1. The van der Waals surface area contributed by atoms with Crippen molar-refractivity contribution in [3.05, 3.63) is 60.1 Å². The van der Waals surface area contributed by atoms with Crippen LogP contribution in [0.4, 0.5) is 5.69 Å². The van der Waals surface area contributed by atoms with E-state index in [4.69, 9.17) is 10.2 Å². The molecular weight excluding hydrogens is 350 g/mol. The summed E-state index contributed by atoms with van der Waals surface area (Å²) in [6.07, 6.45) is 1.33. The average molecular weight is 369 g/mol. The predicted octanol–water partition coefficient (Wildman–Crippen LogP) is 2.04. The quantitative estimate of drug-likeness (QED) is 0.654. The van der Waals surface area contributed by atoms with Crippen LogP contribution in [0.5, 0.6) is 0 Å². The second kappa shape index (κ2) is 7.36. The Morgan fingerprint density at radius 2 is 2.07 bits per heavy atom. The number of carboxylic acids is 1. The van der Waals surface area contributed by atoms with Gasteiger partial charge < -0.3 is 20.6 Å². The van der Waals surface area contributed by atoms with Gasteiger partial charge in [-0.15, -0.1) is 0 Å². The Bertz CT molecular complexity index is 904. The van der Waals surface area contributed by atoms with E-state index in [0.717, 1.165) is 4.90 Å². The molecule has 1 aromatic carbocycles. The van der Waals surface area contributed by atoms with E-state index >= 15 is 0 Å². The van der Waals surface area contributed by atoms with Gasteiger partial charge in [0.15, 0.2) is 0 Å². The van der Waals surface area contributed by atoms with Gasteiger partial charge in [0.1, 0.15) is 11.8 Å². The molecule has 0 fully saturated rings. The lowest BCUT2D eigenvalue weighted by Crippen LogP contribution is -2.41. The van der Waals surface area contributed by atoms with Gasteiger partial charge in [-0.1, -0.05) is 12.6 Å². The summed E-state index contributed by atoms with van der Waals surface area (Å²) < 4.78 is 5.28. The molecule has 8 nitrogen and oxygen atoms in total. The summed E-state index contributed by atoms with van der Waals surface area (Å²) in [4.78, 5) is 36.7. The highest BCUT2D eigenvalue weighted by Crippen LogP contribution is 2.39. The number of carboxylic acid groups (broad SMARTS) is 1. The Morgan fingerprint density at radius 1 is 1.30 bits per heavy atom. The van der Waals surface area contributed by atoms with E-state index in [1.54, 1.807) is 30.5 Å². The number of nitrogens with one attached hydrogen (secondary N) is 1. The Morgan fingerprint density at radius 3 is 2.70 bits per heavy atom. The number of amides is 2. The molecule has 2 amide bonds. The number of aliphatic carboxylic acids is 1. The summed E-state index contributed by atoms with van der Waals surface area (Å²) in [5.41, 5.74) is 6.94. The number of hydrogen-bond acceptors (Lipinski definition) is 5. The monoisotopic (exact) mass is 369 g/mol. The molecule has 0 saturated carbocycles. The number of nitrogens with zero attached hydrogens (tertiary/aromatic N) is 1. The van der Waals surface area contributed by atoms with Crippen molar-refractivity contribution in [2.75, 3.05) is 5.32 Å². The van der Waals surface area contributed by atoms with Crippen LogP contribution in [0.1, 0.15) is 34.5 Å². The molecule has 1 aliphatic rings. The number of nitrogens with two attached hydrogens (primary N) is 1. The van der Waals surface area contributed by atoms with Crippen molar-refractivity contribution >= 4 is 29.2 Å². The molecule has 1 aliphatic heterocycles. The van der Waals surface area contributed by atoms with E-state index in [1.807, 2.05) is 6.07 Å². The topological polar surface area (TPSA) is 126 Å². The number of carbonyl (C=O) groups excluding carboxylic acids is 2. The van der Waals surface area contributed by atoms with Gasteiger partial charge in [0.2, 0.25) is 5.91 Å². The third kappa shape index (κ3) is 3.55. The fraction of sp³-hybridized carbons (Fsp3) is 0.211. The molecule has 0 saturated heterocycles. The molecular formula is C19H19N3O5. The van der Waals surface area contributed by atoms with Crippen LogP contribution in [-0.2, 0) is 16.1 Å². The van der Waals surface area contributed by atoms with Crippen LogP contribution < -0.4 is 11.1 Å². The second-order valence-corrected chi connectivity index (χ2v) is 6.14. The second-order valence-electron chi connectivity index (χ2n) is 6.14. The molecule has 3 rings (SSSR count). The first-order valence-corrected chi connectivity index (χ1v) is 8.33. The van der Waals surface area contributed by atoms with Gasteiger partial charge in [-0.25, -0.2) is 4.79 Å². The minimum atomic E-state index is -1.22. The average Bonchev–Trinajstić information content (AvgIpc) is 3.22. The maximum atomic E-state index is 12.8.